The Hall–Kier alpha value is -0.466. The van der Waals surface area contributed by atoms with Crippen molar-refractivity contribution in [1.29, 1.82) is 0 Å². The van der Waals surface area contributed by atoms with Gasteiger partial charge in [-0.25, -0.2) is 0 Å². The summed E-state index contributed by atoms with van der Waals surface area (Å²) in [5.74, 6) is 0.367. The van der Waals surface area contributed by atoms with Crippen LogP contribution >= 0.6 is 18.6 Å². The minimum atomic E-state index is -0.556. The van der Waals surface area contributed by atoms with Gasteiger partial charge in [0.05, 0.1) is 0 Å². The van der Waals surface area contributed by atoms with Crippen LogP contribution in [0, 0.1) is 6.92 Å². The first-order valence-electron chi connectivity index (χ1n) is 6.67. The van der Waals surface area contributed by atoms with E-state index >= 15 is 0 Å². The van der Waals surface area contributed by atoms with E-state index in [1.807, 2.05) is 43.3 Å². The van der Waals surface area contributed by atoms with Gasteiger partial charge in [0.25, 0.3) is 0 Å². The van der Waals surface area contributed by atoms with Crippen molar-refractivity contribution in [2.24, 2.45) is 0 Å². The summed E-state index contributed by atoms with van der Waals surface area (Å²) in [6.45, 7) is 8.54. The third-order valence-electron chi connectivity index (χ3n) is 3.13. The fraction of sp³-hybridized carbons (Fsp3) is 0.294. The molecular weight excluding hydrogens is 339 g/mol. The number of aryl methyl sites for hydroxylation is 1. The summed E-state index contributed by atoms with van der Waals surface area (Å²) in [6.07, 6.45) is 0. The van der Waals surface area contributed by atoms with Gasteiger partial charge in [-0.15, -0.1) is 0 Å². The molecule has 0 heterocycles. The second-order valence-corrected chi connectivity index (χ2v) is 8.47. The monoisotopic (exact) mass is 358 g/mol. The van der Waals surface area contributed by atoms with Crippen LogP contribution < -0.4 is 0 Å². The normalized spacial score (nSPS) is 10.6. The number of phenolic OH excluding ortho intramolecular Hbond substituents is 1. The van der Waals surface area contributed by atoms with E-state index in [1.165, 1.54) is 5.56 Å². The molecule has 0 saturated carbocycles. The van der Waals surface area contributed by atoms with Crippen molar-refractivity contribution < 1.29 is 22.1 Å². The van der Waals surface area contributed by atoms with Gasteiger partial charge in [-0.05, 0) is 35.1 Å². The van der Waals surface area contributed by atoms with Gasteiger partial charge in [0.15, 0.2) is 0 Å². The maximum atomic E-state index is 10.3. The van der Waals surface area contributed by atoms with Crippen molar-refractivity contribution in [2.45, 2.75) is 33.1 Å². The number of hydrogen-bond donors (Lipinski definition) is 1. The molecular formula is C17H20Cl2OTi. The Kier molecular flexibility index (Phi) is 7.29. The Balaban J connectivity index is 0.000000677. The minimum absolute atomic E-state index is 0.00861. The summed E-state index contributed by atoms with van der Waals surface area (Å²) < 4.78 is 0. The summed E-state index contributed by atoms with van der Waals surface area (Å²) in [5, 5.41) is 10.3. The van der Waals surface area contributed by atoms with E-state index < -0.39 is 17.0 Å². The first-order valence-corrected chi connectivity index (χ1v) is 11.0. The Labute approximate surface area is 144 Å². The number of hydrogen-bond acceptors (Lipinski definition) is 1. The zero-order chi connectivity index (χ0) is 16.0. The second-order valence-electron chi connectivity index (χ2n) is 5.89. The van der Waals surface area contributed by atoms with Gasteiger partial charge in [-0.1, -0.05) is 57.2 Å². The van der Waals surface area contributed by atoms with Crippen LogP contribution in [0.5, 0.6) is 5.75 Å². The third kappa shape index (κ3) is 5.34. The van der Waals surface area contributed by atoms with Crippen LogP contribution in [0.15, 0.2) is 42.5 Å². The summed E-state index contributed by atoms with van der Waals surface area (Å²) in [4.78, 5) is 0. The van der Waals surface area contributed by atoms with Gasteiger partial charge >= 0.3 is 35.6 Å². The molecule has 0 atom stereocenters. The Morgan fingerprint density at radius 3 is 2.00 bits per heavy atom. The first-order chi connectivity index (χ1) is 9.81. The van der Waals surface area contributed by atoms with E-state index in [1.54, 1.807) is 0 Å². The van der Waals surface area contributed by atoms with E-state index in [0.717, 1.165) is 16.7 Å². The molecule has 0 radical (unpaired) electrons. The van der Waals surface area contributed by atoms with Gasteiger partial charge < -0.3 is 5.11 Å². The summed E-state index contributed by atoms with van der Waals surface area (Å²) in [7, 11) is 9.78. The topological polar surface area (TPSA) is 20.2 Å². The van der Waals surface area contributed by atoms with Crippen molar-refractivity contribution in [3.8, 4) is 16.9 Å². The van der Waals surface area contributed by atoms with Crippen molar-refractivity contribution in [3.63, 3.8) is 0 Å². The summed E-state index contributed by atoms with van der Waals surface area (Å²) >= 11 is -0.556. The zero-order valence-electron chi connectivity index (χ0n) is 12.7. The van der Waals surface area contributed by atoms with E-state index in [9.17, 15) is 5.11 Å². The van der Waals surface area contributed by atoms with Gasteiger partial charge in [-0.3, -0.25) is 0 Å². The molecule has 2 rings (SSSR count). The molecule has 0 aliphatic heterocycles. The molecule has 0 aliphatic carbocycles. The Bertz CT molecular complexity index is 577. The van der Waals surface area contributed by atoms with Crippen molar-refractivity contribution in [2.75, 3.05) is 0 Å². The Morgan fingerprint density at radius 2 is 1.52 bits per heavy atom. The van der Waals surface area contributed by atoms with Crippen LogP contribution in [0.1, 0.15) is 31.9 Å². The van der Waals surface area contributed by atoms with Crippen LogP contribution in [0.3, 0.4) is 0 Å². The number of phenols is 1. The van der Waals surface area contributed by atoms with E-state index in [-0.39, 0.29) is 5.41 Å². The van der Waals surface area contributed by atoms with Crippen LogP contribution in [-0.2, 0) is 22.4 Å². The first kappa shape index (κ1) is 18.6. The van der Waals surface area contributed by atoms with Crippen LogP contribution in [0.4, 0.5) is 0 Å². The predicted octanol–water partition coefficient (Wildman–Crippen LogP) is 6.04. The second kappa shape index (κ2) is 8.24. The third-order valence-corrected chi connectivity index (χ3v) is 3.13. The van der Waals surface area contributed by atoms with Crippen molar-refractivity contribution in [3.05, 3.63) is 53.6 Å². The number of benzene rings is 2. The van der Waals surface area contributed by atoms with Crippen molar-refractivity contribution >= 4 is 18.6 Å². The molecule has 0 fully saturated rings. The van der Waals surface area contributed by atoms with E-state index in [2.05, 4.69) is 26.8 Å². The van der Waals surface area contributed by atoms with Crippen LogP contribution in [0.2, 0.25) is 0 Å². The van der Waals surface area contributed by atoms with Gasteiger partial charge in [0, 0.05) is 5.56 Å². The average molecular weight is 359 g/mol. The van der Waals surface area contributed by atoms with Crippen molar-refractivity contribution in [1.82, 2.24) is 0 Å². The molecule has 1 nitrogen and oxygen atoms in total. The van der Waals surface area contributed by atoms with E-state index in [0.29, 0.717) is 5.75 Å². The molecule has 0 aromatic heterocycles. The number of aromatic hydroxyl groups is 1. The number of halogens is 2. The summed E-state index contributed by atoms with van der Waals surface area (Å²) in [6, 6.07) is 14.1. The molecule has 0 bridgehead atoms. The molecule has 1 N–H and O–H groups in total. The fourth-order valence-electron chi connectivity index (χ4n) is 2.27. The quantitative estimate of drug-likeness (QED) is 0.616. The standard InChI is InChI=1S/C17H20O.2ClH.Ti/c1-12-10-14(17(2,3)4)16(15(18)11-12)13-8-6-5-7-9-13;;;/h5-11,18H,1-4H3;2*1H;/q;;;+2/p-2. The van der Waals surface area contributed by atoms with Crippen LogP contribution in [-0.4, -0.2) is 5.11 Å². The summed E-state index contributed by atoms with van der Waals surface area (Å²) in [5.41, 5.74) is 4.31. The molecule has 4 heteroatoms. The molecule has 112 valence electrons. The van der Waals surface area contributed by atoms with Crippen LogP contribution in [0.25, 0.3) is 11.1 Å². The van der Waals surface area contributed by atoms with Gasteiger partial charge in [0.1, 0.15) is 5.75 Å². The molecule has 21 heavy (non-hydrogen) atoms. The molecule has 2 aromatic rings. The zero-order valence-corrected chi connectivity index (χ0v) is 15.8. The molecule has 2 aromatic carbocycles. The molecule has 0 saturated heterocycles. The fourth-order valence-corrected chi connectivity index (χ4v) is 2.27. The predicted molar refractivity (Wildman–Crippen MR) is 88.7 cm³/mol. The molecule has 0 spiro atoms. The maximum absolute atomic E-state index is 10.3. The van der Waals surface area contributed by atoms with E-state index in [4.69, 9.17) is 18.6 Å². The van der Waals surface area contributed by atoms with Gasteiger partial charge in [-0.2, -0.15) is 0 Å². The average Bonchev–Trinajstić information content (AvgIpc) is 2.38. The molecule has 0 amide bonds. The van der Waals surface area contributed by atoms with Gasteiger partial charge in [0.2, 0.25) is 0 Å². The molecule has 0 unspecified atom stereocenters. The number of rotatable bonds is 1. The SMILES string of the molecule is Cc1cc(O)c(-c2ccccc2)c(C(C)(C)C)c1.[Cl][Ti][Cl]. The Morgan fingerprint density at radius 1 is 1.00 bits per heavy atom. The molecule has 0 aliphatic rings.